The number of amides is 3. The largest absolute Gasteiger partial charge is 0.479 e. The molecule has 6 rings (SSSR count). The molecule has 3 aliphatic carbocycles. The van der Waals surface area contributed by atoms with Crippen molar-refractivity contribution in [1.82, 2.24) is 15.3 Å². The zero-order chi connectivity index (χ0) is 32.7. The Morgan fingerprint density at radius 1 is 1.04 bits per heavy atom. The Morgan fingerprint density at radius 2 is 1.63 bits per heavy atom. The van der Waals surface area contributed by atoms with Crippen LogP contribution in [0.15, 0.2) is 66.3 Å². The molecular formula is C35H40N4O7. The van der Waals surface area contributed by atoms with Crippen LogP contribution in [0.5, 0.6) is 0 Å². The van der Waals surface area contributed by atoms with Crippen LogP contribution >= 0.6 is 0 Å². The summed E-state index contributed by atoms with van der Waals surface area (Å²) in [7, 11) is 0. The molecule has 46 heavy (non-hydrogen) atoms. The van der Waals surface area contributed by atoms with Gasteiger partial charge in [0.25, 0.3) is 0 Å². The number of carboxylic acids is 1. The Labute approximate surface area is 267 Å². The van der Waals surface area contributed by atoms with Crippen LogP contribution in [0.2, 0.25) is 0 Å². The lowest BCUT2D eigenvalue weighted by atomic mass is 9.99. The van der Waals surface area contributed by atoms with Crippen LogP contribution < -0.4 is 5.32 Å². The number of carbonyl (C=O) groups is 4. The number of nitrogens with zero attached hydrogens (tertiary/aromatic N) is 3. The summed E-state index contributed by atoms with van der Waals surface area (Å²) in [5.74, 6) is -4.22. The van der Waals surface area contributed by atoms with Gasteiger partial charge in [0.15, 0.2) is 0 Å². The molecule has 5 atom stereocenters. The van der Waals surface area contributed by atoms with Crippen LogP contribution in [0, 0.1) is 17.8 Å². The Hall–Kier alpha value is -4.51. The third-order valence-corrected chi connectivity index (χ3v) is 9.90. The van der Waals surface area contributed by atoms with Crippen LogP contribution in [-0.2, 0) is 24.0 Å². The van der Waals surface area contributed by atoms with Gasteiger partial charge in [-0.25, -0.2) is 9.86 Å². The van der Waals surface area contributed by atoms with Crippen molar-refractivity contribution in [3.63, 3.8) is 0 Å². The van der Waals surface area contributed by atoms with E-state index in [-0.39, 0.29) is 25.3 Å². The minimum atomic E-state index is -1.50. The van der Waals surface area contributed by atoms with Gasteiger partial charge in [0.2, 0.25) is 17.7 Å². The van der Waals surface area contributed by atoms with Crippen LogP contribution in [-0.4, -0.2) is 80.0 Å². The Kier molecular flexibility index (Phi) is 8.45. The SMILES string of the molecule is C=C[C@@H]1C[C@@]1(NC(=O)[C@@H]1C[C@@H](ON=C2c3ccccc3-c3ccccc32)CN1C(=O)[C@@H](C(C)C)N(O)C(=O)C1CCCC1)C(=O)O. The van der Waals surface area contributed by atoms with Crippen molar-refractivity contribution in [3.05, 3.63) is 72.3 Å². The first-order chi connectivity index (χ1) is 22.1. The number of hydroxylamine groups is 2. The van der Waals surface area contributed by atoms with Crippen molar-refractivity contribution >= 4 is 29.4 Å². The van der Waals surface area contributed by atoms with E-state index in [0.29, 0.717) is 23.6 Å². The molecule has 0 radical (unpaired) electrons. The van der Waals surface area contributed by atoms with E-state index in [1.165, 1.54) is 11.0 Å². The molecule has 0 aromatic heterocycles. The Balaban J connectivity index is 1.28. The fourth-order valence-corrected chi connectivity index (χ4v) is 7.24. The quantitative estimate of drug-likeness (QED) is 0.175. The number of nitrogens with one attached hydrogen (secondary N) is 1. The summed E-state index contributed by atoms with van der Waals surface area (Å²) in [5, 5.41) is 28.8. The second kappa shape index (κ2) is 12.4. The van der Waals surface area contributed by atoms with Crippen molar-refractivity contribution in [3.8, 4) is 11.1 Å². The molecule has 4 aliphatic rings. The van der Waals surface area contributed by atoms with Crippen LogP contribution in [0.3, 0.4) is 0 Å². The van der Waals surface area contributed by atoms with E-state index in [2.05, 4.69) is 17.1 Å². The molecule has 2 saturated carbocycles. The predicted molar refractivity (Wildman–Crippen MR) is 169 cm³/mol. The molecule has 1 saturated heterocycles. The van der Waals surface area contributed by atoms with Gasteiger partial charge >= 0.3 is 5.97 Å². The molecule has 3 fully saturated rings. The molecule has 2 aromatic carbocycles. The summed E-state index contributed by atoms with van der Waals surface area (Å²) in [5.41, 5.74) is 2.99. The summed E-state index contributed by atoms with van der Waals surface area (Å²) < 4.78 is 0. The maximum absolute atomic E-state index is 14.2. The van der Waals surface area contributed by atoms with E-state index >= 15 is 0 Å². The first kappa shape index (κ1) is 31.5. The minimum absolute atomic E-state index is 0.0406. The highest BCUT2D eigenvalue weighted by molar-refractivity contribution is 6.24. The molecular weight excluding hydrogens is 588 g/mol. The van der Waals surface area contributed by atoms with Crippen molar-refractivity contribution in [2.24, 2.45) is 22.9 Å². The zero-order valence-electron chi connectivity index (χ0n) is 26.1. The fourth-order valence-electron chi connectivity index (χ4n) is 7.24. The second-order valence-electron chi connectivity index (χ2n) is 13.2. The number of aliphatic carboxylic acids is 1. The molecule has 1 heterocycles. The lowest BCUT2D eigenvalue weighted by Crippen LogP contribution is -2.58. The number of carboxylic acid groups (broad SMARTS) is 1. The highest BCUT2D eigenvalue weighted by Gasteiger charge is 2.61. The smallest absolute Gasteiger partial charge is 0.330 e. The number of oxime groups is 1. The number of hydrogen-bond donors (Lipinski definition) is 3. The van der Waals surface area contributed by atoms with Gasteiger partial charge in [0, 0.05) is 29.4 Å². The third-order valence-electron chi connectivity index (χ3n) is 9.90. The Morgan fingerprint density at radius 3 is 2.15 bits per heavy atom. The maximum Gasteiger partial charge on any atom is 0.330 e. The van der Waals surface area contributed by atoms with Gasteiger partial charge < -0.3 is 20.2 Å². The first-order valence-corrected chi connectivity index (χ1v) is 16.0. The summed E-state index contributed by atoms with van der Waals surface area (Å²) >= 11 is 0. The number of benzene rings is 2. The number of hydrogen-bond acceptors (Lipinski definition) is 7. The third kappa shape index (κ3) is 5.46. The molecule has 2 aromatic rings. The summed E-state index contributed by atoms with van der Waals surface area (Å²) in [4.78, 5) is 60.7. The molecule has 3 amide bonds. The number of likely N-dealkylation sites (tertiary alicyclic amines) is 1. The predicted octanol–water partition coefficient (Wildman–Crippen LogP) is 3.98. The second-order valence-corrected chi connectivity index (χ2v) is 13.2. The van der Waals surface area contributed by atoms with E-state index in [0.717, 1.165) is 35.1 Å². The van der Waals surface area contributed by atoms with E-state index in [9.17, 15) is 29.5 Å². The normalized spacial score (nSPS) is 25.4. The summed E-state index contributed by atoms with van der Waals surface area (Å²) in [6.07, 6.45) is 4.07. The highest BCUT2D eigenvalue weighted by Crippen LogP contribution is 2.45. The van der Waals surface area contributed by atoms with Crippen LogP contribution in [0.25, 0.3) is 11.1 Å². The summed E-state index contributed by atoms with van der Waals surface area (Å²) in [6.45, 7) is 7.10. The summed E-state index contributed by atoms with van der Waals surface area (Å²) in [6, 6.07) is 13.3. The topological polar surface area (TPSA) is 149 Å². The molecule has 1 aliphatic heterocycles. The molecule has 242 valence electrons. The molecule has 11 nitrogen and oxygen atoms in total. The van der Waals surface area contributed by atoms with Crippen LogP contribution in [0.4, 0.5) is 0 Å². The van der Waals surface area contributed by atoms with E-state index in [1.54, 1.807) is 13.8 Å². The number of fused-ring (bicyclic) bond motifs is 3. The minimum Gasteiger partial charge on any atom is -0.479 e. The van der Waals surface area contributed by atoms with E-state index in [4.69, 9.17) is 4.84 Å². The van der Waals surface area contributed by atoms with Gasteiger partial charge in [-0.15, -0.1) is 6.58 Å². The molecule has 3 N–H and O–H groups in total. The maximum atomic E-state index is 14.2. The lowest BCUT2D eigenvalue weighted by molar-refractivity contribution is -0.191. The average Bonchev–Trinajstić information content (AvgIpc) is 3.41. The number of carbonyl (C=O) groups excluding carboxylic acids is 3. The van der Waals surface area contributed by atoms with Gasteiger partial charge in [0.05, 0.1) is 6.54 Å². The van der Waals surface area contributed by atoms with Crippen molar-refractivity contribution in [2.45, 2.75) is 76.1 Å². The monoisotopic (exact) mass is 628 g/mol. The van der Waals surface area contributed by atoms with Crippen LogP contribution in [0.1, 0.15) is 63.5 Å². The van der Waals surface area contributed by atoms with Gasteiger partial charge in [-0.2, -0.15) is 0 Å². The molecule has 0 spiro atoms. The molecule has 0 bridgehead atoms. The average molecular weight is 629 g/mol. The molecule has 0 unspecified atom stereocenters. The van der Waals surface area contributed by atoms with Crippen molar-refractivity contribution in [1.29, 1.82) is 0 Å². The fraction of sp³-hybridized carbons (Fsp3) is 0.457. The van der Waals surface area contributed by atoms with Crippen molar-refractivity contribution in [2.75, 3.05) is 6.54 Å². The number of rotatable bonds is 10. The van der Waals surface area contributed by atoms with Crippen molar-refractivity contribution < 1.29 is 34.3 Å². The van der Waals surface area contributed by atoms with Gasteiger partial charge in [0.1, 0.15) is 29.4 Å². The standard InChI is InChI=1S/C35H40N4O7/c1-4-22-18-35(22,34(43)44)36-31(40)28-17-23(46-37-29-26-15-9-7-13-24(26)25-14-8-10-16-27(25)29)19-38(28)33(42)30(20(2)3)39(45)32(41)21-11-5-6-12-21/h4,7-10,13-16,20-23,28,30,45H,1,5-6,11-12,17-19H2,2-3H3,(H,36,40)(H,43,44)/t22-,23-,28+,30-,35+/m1/s1. The lowest BCUT2D eigenvalue weighted by Gasteiger charge is -2.34. The van der Waals surface area contributed by atoms with Gasteiger partial charge in [-0.1, -0.05) is 86.5 Å². The zero-order valence-corrected chi connectivity index (χ0v) is 26.1. The highest BCUT2D eigenvalue weighted by atomic mass is 16.6. The van der Waals surface area contributed by atoms with E-state index in [1.807, 2.05) is 48.5 Å². The van der Waals surface area contributed by atoms with Gasteiger partial charge in [-0.3, -0.25) is 19.6 Å². The first-order valence-electron chi connectivity index (χ1n) is 16.0. The van der Waals surface area contributed by atoms with Gasteiger partial charge in [-0.05, 0) is 36.3 Å². The molecule has 11 heteroatoms. The Bertz CT molecular complexity index is 1550. The van der Waals surface area contributed by atoms with E-state index < -0.39 is 59.3 Å².